The predicted molar refractivity (Wildman–Crippen MR) is 95.5 cm³/mol. The largest absolute Gasteiger partial charge is 0.369 e. The number of aromatic nitrogens is 3. The van der Waals surface area contributed by atoms with E-state index in [4.69, 9.17) is 16.6 Å². The first kappa shape index (κ1) is 16.2. The lowest BCUT2D eigenvalue weighted by Crippen LogP contribution is -2.45. The van der Waals surface area contributed by atoms with E-state index in [2.05, 4.69) is 39.1 Å². The summed E-state index contributed by atoms with van der Waals surface area (Å²) >= 11 is 6.05. The van der Waals surface area contributed by atoms with Gasteiger partial charge in [-0.15, -0.1) is 0 Å². The van der Waals surface area contributed by atoms with Gasteiger partial charge in [0.2, 0.25) is 5.95 Å². The standard InChI is InChI=1S/C16H23ClN6/c1-3-4-5-18-15-12-10-14(17)19-11-13(12)20-16(21-15)23-8-6-22(2)7-9-23/h10-11H,3-9H2,1-2H3,(H,18,20,21). The number of piperazine rings is 1. The molecule has 23 heavy (non-hydrogen) atoms. The maximum absolute atomic E-state index is 6.05. The fourth-order valence-corrected chi connectivity index (χ4v) is 2.82. The summed E-state index contributed by atoms with van der Waals surface area (Å²) in [6.07, 6.45) is 3.97. The molecule has 0 unspecified atom stereocenters. The highest BCUT2D eigenvalue weighted by atomic mass is 35.5. The van der Waals surface area contributed by atoms with Crippen LogP contribution in [0.1, 0.15) is 19.8 Å². The summed E-state index contributed by atoms with van der Waals surface area (Å²) in [7, 11) is 2.14. The molecule has 1 aliphatic heterocycles. The van der Waals surface area contributed by atoms with Crippen LogP contribution >= 0.6 is 11.6 Å². The van der Waals surface area contributed by atoms with Crippen LogP contribution in [0.5, 0.6) is 0 Å². The summed E-state index contributed by atoms with van der Waals surface area (Å²) < 4.78 is 0. The van der Waals surface area contributed by atoms with Crippen molar-refractivity contribution in [3.05, 3.63) is 17.4 Å². The van der Waals surface area contributed by atoms with Crippen molar-refractivity contribution in [3.63, 3.8) is 0 Å². The molecule has 0 aromatic carbocycles. The summed E-state index contributed by atoms with van der Waals surface area (Å²) in [6, 6.07) is 1.83. The van der Waals surface area contributed by atoms with E-state index < -0.39 is 0 Å². The van der Waals surface area contributed by atoms with Crippen LogP contribution in [0.2, 0.25) is 5.15 Å². The SMILES string of the molecule is CCCCNc1nc(N2CCN(C)CC2)nc2cnc(Cl)cc12. The molecular formula is C16H23ClN6. The van der Waals surface area contributed by atoms with E-state index in [1.165, 1.54) is 0 Å². The van der Waals surface area contributed by atoms with Gasteiger partial charge in [0.05, 0.1) is 11.7 Å². The van der Waals surface area contributed by atoms with Gasteiger partial charge in [-0.3, -0.25) is 0 Å². The summed E-state index contributed by atoms with van der Waals surface area (Å²) in [4.78, 5) is 18.2. The first-order valence-electron chi connectivity index (χ1n) is 8.18. The van der Waals surface area contributed by atoms with E-state index in [1.807, 2.05) is 6.07 Å². The Morgan fingerprint density at radius 2 is 2.00 bits per heavy atom. The number of hydrogen-bond donors (Lipinski definition) is 1. The molecule has 0 amide bonds. The second-order valence-electron chi connectivity index (χ2n) is 5.97. The van der Waals surface area contributed by atoms with E-state index in [0.29, 0.717) is 5.15 Å². The molecule has 0 spiro atoms. The Morgan fingerprint density at radius 3 is 2.74 bits per heavy atom. The Morgan fingerprint density at radius 1 is 1.22 bits per heavy atom. The number of anilines is 2. The number of hydrogen-bond acceptors (Lipinski definition) is 6. The normalized spacial score (nSPS) is 16.0. The molecule has 3 heterocycles. The van der Waals surface area contributed by atoms with Crippen LogP contribution in [0.25, 0.3) is 10.9 Å². The van der Waals surface area contributed by atoms with E-state index >= 15 is 0 Å². The number of unbranched alkanes of at least 4 members (excludes halogenated alkanes) is 1. The monoisotopic (exact) mass is 334 g/mol. The van der Waals surface area contributed by atoms with E-state index in [1.54, 1.807) is 6.20 Å². The summed E-state index contributed by atoms with van der Waals surface area (Å²) in [5.74, 6) is 1.62. The van der Waals surface area contributed by atoms with Crippen molar-refractivity contribution in [2.75, 3.05) is 50.0 Å². The van der Waals surface area contributed by atoms with Crippen LogP contribution in [0.4, 0.5) is 11.8 Å². The molecule has 1 saturated heterocycles. The number of nitrogens with zero attached hydrogens (tertiary/aromatic N) is 5. The maximum atomic E-state index is 6.05. The van der Waals surface area contributed by atoms with Crippen LogP contribution in [0.15, 0.2) is 12.3 Å². The van der Waals surface area contributed by atoms with Gasteiger partial charge in [-0.1, -0.05) is 24.9 Å². The van der Waals surface area contributed by atoms with Crippen molar-refractivity contribution in [3.8, 4) is 0 Å². The number of pyridine rings is 1. The van der Waals surface area contributed by atoms with Gasteiger partial charge >= 0.3 is 0 Å². The van der Waals surface area contributed by atoms with Crippen LogP contribution in [-0.4, -0.2) is 59.6 Å². The second kappa shape index (κ2) is 7.27. The molecule has 2 aromatic rings. The molecule has 7 heteroatoms. The van der Waals surface area contributed by atoms with Crippen molar-refractivity contribution in [1.29, 1.82) is 0 Å². The van der Waals surface area contributed by atoms with Crippen molar-refractivity contribution >= 4 is 34.3 Å². The van der Waals surface area contributed by atoms with Crippen LogP contribution in [0.3, 0.4) is 0 Å². The Labute approximate surface area is 141 Å². The molecule has 0 bridgehead atoms. The van der Waals surface area contributed by atoms with Gasteiger partial charge in [0.1, 0.15) is 11.0 Å². The first-order chi connectivity index (χ1) is 11.2. The number of nitrogens with one attached hydrogen (secondary N) is 1. The van der Waals surface area contributed by atoms with Crippen molar-refractivity contribution < 1.29 is 0 Å². The number of fused-ring (bicyclic) bond motifs is 1. The number of rotatable bonds is 5. The second-order valence-corrected chi connectivity index (χ2v) is 6.35. The lowest BCUT2D eigenvalue weighted by atomic mass is 10.2. The van der Waals surface area contributed by atoms with Gasteiger partial charge in [0.15, 0.2) is 0 Å². The molecule has 0 radical (unpaired) electrons. The molecule has 124 valence electrons. The zero-order valence-electron chi connectivity index (χ0n) is 13.7. The predicted octanol–water partition coefficient (Wildman–Crippen LogP) is 2.64. The minimum atomic E-state index is 0.465. The average Bonchev–Trinajstić information content (AvgIpc) is 2.56. The van der Waals surface area contributed by atoms with Gasteiger partial charge in [0, 0.05) is 38.1 Å². The lowest BCUT2D eigenvalue weighted by molar-refractivity contribution is 0.311. The van der Waals surface area contributed by atoms with Crippen LogP contribution < -0.4 is 10.2 Å². The highest BCUT2D eigenvalue weighted by molar-refractivity contribution is 6.30. The van der Waals surface area contributed by atoms with Gasteiger partial charge < -0.3 is 15.1 Å². The van der Waals surface area contributed by atoms with E-state index in [-0.39, 0.29) is 0 Å². The summed E-state index contributed by atoms with van der Waals surface area (Å²) in [5, 5.41) is 4.82. The smallest absolute Gasteiger partial charge is 0.228 e. The Kier molecular flexibility index (Phi) is 5.13. The molecule has 0 saturated carbocycles. The minimum absolute atomic E-state index is 0.465. The van der Waals surface area contributed by atoms with Crippen molar-refractivity contribution in [2.24, 2.45) is 0 Å². The topological polar surface area (TPSA) is 57.2 Å². The van der Waals surface area contributed by atoms with Gasteiger partial charge in [-0.05, 0) is 19.5 Å². The number of halogens is 1. The fourth-order valence-electron chi connectivity index (χ4n) is 2.66. The Balaban J connectivity index is 1.94. The number of likely N-dealkylation sites (N-methyl/N-ethyl adjacent to an activating group) is 1. The summed E-state index contributed by atoms with van der Waals surface area (Å²) in [5.41, 5.74) is 0.831. The molecule has 1 aliphatic rings. The van der Waals surface area contributed by atoms with Gasteiger partial charge in [-0.25, -0.2) is 9.97 Å². The summed E-state index contributed by atoms with van der Waals surface area (Å²) in [6.45, 7) is 7.01. The molecular weight excluding hydrogens is 312 g/mol. The highest BCUT2D eigenvalue weighted by Gasteiger charge is 2.18. The van der Waals surface area contributed by atoms with Gasteiger partial charge in [0.25, 0.3) is 0 Å². The Hall–Kier alpha value is -1.66. The third kappa shape index (κ3) is 3.82. The fraction of sp³-hybridized carbons (Fsp3) is 0.562. The molecule has 1 N–H and O–H groups in total. The van der Waals surface area contributed by atoms with Crippen LogP contribution in [-0.2, 0) is 0 Å². The van der Waals surface area contributed by atoms with Crippen LogP contribution in [0, 0.1) is 0 Å². The molecule has 6 nitrogen and oxygen atoms in total. The van der Waals surface area contributed by atoms with Crippen molar-refractivity contribution in [1.82, 2.24) is 19.9 Å². The van der Waals surface area contributed by atoms with E-state index in [9.17, 15) is 0 Å². The lowest BCUT2D eigenvalue weighted by Gasteiger charge is -2.32. The third-order valence-electron chi connectivity index (χ3n) is 4.15. The quantitative estimate of drug-likeness (QED) is 0.670. The average molecular weight is 335 g/mol. The van der Waals surface area contributed by atoms with Crippen molar-refractivity contribution in [2.45, 2.75) is 19.8 Å². The maximum Gasteiger partial charge on any atom is 0.228 e. The molecule has 0 aliphatic carbocycles. The Bertz CT molecular complexity index is 669. The molecule has 0 atom stereocenters. The molecule has 3 rings (SSSR count). The zero-order chi connectivity index (χ0) is 16.2. The molecule has 2 aromatic heterocycles. The minimum Gasteiger partial charge on any atom is -0.369 e. The van der Waals surface area contributed by atoms with Gasteiger partial charge in [-0.2, -0.15) is 4.98 Å². The third-order valence-corrected chi connectivity index (χ3v) is 4.35. The zero-order valence-corrected chi connectivity index (χ0v) is 14.5. The highest BCUT2D eigenvalue weighted by Crippen LogP contribution is 2.25. The first-order valence-corrected chi connectivity index (χ1v) is 8.56. The molecule has 1 fully saturated rings. The van der Waals surface area contributed by atoms with E-state index in [0.717, 1.165) is 68.2 Å².